The average Bonchev–Trinajstić information content (AvgIpc) is 2.83. The molecule has 0 amide bonds. The zero-order valence-electron chi connectivity index (χ0n) is 12.4. The summed E-state index contributed by atoms with van der Waals surface area (Å²) in [4.78, 5) is 11.0. The largest absolute Gasteiger partial charge is 0.464 e. The topological polar surface area (TPSA) is 42.2 Å². The van der Waals surface area contributed by atoms with Crippen molar-refractivity contribution < 1.29 is 4.42 Å². The summed E-state index contributed by atoms with van der Waals surface area (Å²) in [6.45, 7) is 6.75. The molecular weight excluding hydrogens is 274 g/mol. The van der Waals surface area contributed by atoms with Gasteiger partial charge < -0.3 is 9.32 Å². The highest BCUT2D eigenvalue weighted by atomic mass is 35.5. The quantitative estimate of drug-likeness (QED) is 0.785. The fourth-order valence-corrected chi connectivity index (χ4v) is 2.21. The van der Waals surface area contributed by atoms with Crippen molar-refractivity contribution in [3.05, 3.63) is 41.4 Å². The first-order chi connectivity index (χ1) is 9.51. The highest BCUT2D eigenvalue weighted by Crippen LogP contribution is 2.23. The number of anilines is 1. The fraction of sp³-hybridized carbons (Fsp3) is 0.467. The van der Waals surface area contributed by atoms with Gasteiger partial charge in [0.1, 0.15) is 17.3 Å². The van der Waals surface area contributed by atoms with Gasteiger partial charge in [0.05, 0.1) is 30.0 Å². The predicted octanol–water partition coefficient (Wildman–Crippen LogP) is 3.88. The number of aryl methyl sites for hydroxylation is 1. The van der Waals surface area contributed by atoms with Crippen molar-refractivity contribution in [1.29, 1.82) is 0 Å². The number of rotatable bonds is 5. The van der Waals surface area contributed by atoms with Crippen molar-refractivity contribution in [3.63, 3.8) is 0 Å². The third-order valence-electron chi connectivity index (χ3n) is 3.11. The van der Waals surface area contributed by atoms with E-state index in [4.69, 9.17) is 16.0 Å². The van der Waals surface area contributed by atoms with Crippen LogP contribution in [0.4, 0.5) is 5.69 Å². The maximum atomic E-state index is 6.02. The summed E-state index contributed by atoms with van der Waals surface area (Å²) in [7, 11) is 1.99. The van der Waals surface area contributed by atoms with E-state index in [0.717, 1.165) is 28.7 Å². The van der Waals surface area contributed by atoms with Crippen LogP contribution in [-0.4, -0.2) is 17.0 Å². The average molecular weight is 294 g/mol. The molecule has 108 valence electrons. The van der Waals surface area contributed by atoms with Gasteiger partial charge in [-0.1, -0.05) is 13.8 Å². The zero-order valence-corrected chi connectivity index (χ0v) is 13.1. The molecule has 4 nitrogen and oxygen atoms in total. The monoisotopic (exact) mass is 293 g/mol. The molecule has 0 aliphatic rings. The third-order valence-corrected chi connectivity index (χ3v) is 3.36. The van der Waals surface area contributed by atoms with Gasteiger partial charge >= 0.3 is 0 Å². The van der Waals surface area contributed by atoms with Gasteiger partial charge in [0.2, 0.25) is 0 Å². The van der Waals surface area contributed by atoms with Crippen molar-refractivity contribution in [2.75, 3.05) is 11.9 Å². The molecular formula is C15H20ClN3O. The van der Waals surface area contributed by atoms with Crippen LogP contribution in [0.3, 0.4) is 0 Å². The van der Waals surface area contributed by atoms with Gasteiger partial charge in [-0.25, -0.2) is 9.97 Å². The van der Waals surface area contributed by atoms with E-state index < -0.39 is 0 Å². The second-order valence-electron chi connectivity index (χ2n) is 5.22. The normalized spacial score (nSPS) is 11.1. The Balaban J connectivity index is 2.22. The standard InChI is InChI=1S/C15H20ClN3O/c1-10(2)15-17-8-14(13(7-16)18-15)19(4)9-12-6-5-11(3)20-12/h5-6,8,10H,7,9H2,1-4H3. The summed E-state index contributed by atoms with van der Waals surface area (Å²) >= 11 is 6.02. The van der Waals surface area contributed by atoms with Crippen molar-refractivity contribution in [2.45, 2.75) is 39.1 Å². The molecule has 20 heavy (non-hydrogen) atoms. The molecule has 0 spiro atoms. The molecule has 0 saturated heterocycles. The number of hydrogen-bond donors (Lipinski definition) is 0. The molecule has 0 aliphatic carbocycles. The summed E-state index contributed by atoms with van der Waals surface area (Å²) in [5.41, 5.74) is 1.80. The van der Waals surface area contributed by atoms with Crippen LogP contribution in [0.25, 0.3) is 0 Å². The van der Waals surface area contributed by atoms with E-state index in [-0.39, 0.29) is 0 Å². The van der Waals surface area contributed by atoms with Gasteiger partial charge in [0, 0.05) is 13.0 Å². The Hall–Kier alpha value is -1.55. The first-order valence-electron chi connectivity index (χ1n) is 6.69. The lowest BCUT2D eigenvalue weighted by molar-refractivity contribution is 0.481. The highest BCUT2D eigenvalue weighted by molar-refractivity contribution is 6.17. The van der Waals surface area contributed by atoms with Crippen LogP contribution in [0.2, 0.25) is 0 Å². The smallest absolute Gasteiger partial charge is 0.131 e. The summed E-state index contributed by atoms with van der Waals surface area (Å²) in [6, 6.07) is 3.94. The summed E-state index contributed by atoms with van der Waals surface area (Å²) in [5.74, 6) is 3.32. The van der Waals surface area contributed by atoms with Crippen LogP contribution >= 0.6 is 11.6 Å². The first-order valence-corrected chi connectivity index (χ1v) is 7.23. The minimum atomic E-state index is 0.295. The van der Waals surface area contributed by atoms with E-state index in [2.05, 4.69) is 28.7 Å². The Morgan fingerprint density at radius 1 is 1.35 bits per heavy atom. The summed E-state index contributed by atoms with van der Waals surface area (Å²) in [6.07, 6.45) is 1.84. The second kappa shape index (κ2) is 6.27. The molecule has 5 heteroatoms. The number of nitrogens with zero attached hydrogens (tertiary/aromatic N) is 3. The molecule has 0 aliphatic heterocycles. The summed E-state index contributed by atoms with van der Waals surface area (Å²) in [5, 5.41) is 0. The fourth-order valence-electron chi connectivity index (χ4n) is 2.01. The Labute approximate surface area is 124 Å². The molecule has 0 unspecified atom stereocenters. The molecule has 0 saturated carbocycles. The van der Waals surface area contributed by atoms with Gasteiger partial charge in [0.25, 0.3) is 0 Å². The van der Waals surface area contributed by atoms with Crippen LogP contribution in [0.15, 0.2) is 22.7 Å². The molecule has 2 aromatic heterocycles. The van der Waals surface area contributed by atoms with Gasteiger partial charge in [0.15, 0.2) is 0 Å². The molecule has 0 aromatic carbocycles. The van der Waals surface area contributed by atoms with Gasteiger partial charge in [-0.3, -0.25) is 0 Å². The highest BCUT2D eigenvalue weighted by Gasteiger charge is 2.13. The Morgan fingerprint density at radius 3 is 2.65 bits per heavy atom. The molecule has 0 radical (unpaired) electrons. The zero-order chi connectivity index (χ0) is 14.7. The number of aromatic nitrogens is 2. The Morgan fingerprint density at radius 2 is 2.10 bits per heavy atom. The molecule has 2 heterocycles. The van der Waals surface area contributed by atoms with E-state index in [1.165, 1.54) is 0 Å². The van der Waals surface area contributed by atoms with E-state index in [0.29, 0.717) is 18.3 Å². The lowest BCUT2D eigenvalue weighted by Gasteiger charge is -2.20. The van der Waals surface area contributed by atoms with Gasteiger partial charge in [-0.2, -0.15) is 0 Å². The van der Waals surface area contributed by atoms with Crippen molar-refractivity contribution in [3.8, 4) is 0 Å². The first kappa shape index (κ1) is 14.9. The minimum absolute atomic E-state index is 0.295. The SMILES string of the molecule is Cc1ccc(CN(C)c2cnc(C(C)C)nc2CCl)o1. The number of furan rings is 1. The number of halogens is 1. The number of alkyl halides is 1. The lowest BCUT2D eigenvalue weighted by atomic mass is 10.2. The van der Waals surface area contributed by atoms with E-state index in [9.17, 15) is 0 Å². The maximum Gasteiger partial charge on any atom is 0.131 e. The minimum Gasteiger partial charge on any atom is -0.464 e. The molecule has 0 N–H and O–H groups in total. The Bertz CT molecular complexity index is 580. The van der Waals surface area contributed by atoms with Crippen LogP contribution in [0, 0.1) is 6.92 Å². The molecule has 2 aromatic rings. The molecule has 0 fully saturated rings. The molecule has 0 bridgehead atoms. The predicted molar refractivity (Wildman–Crippen MR) is 81.2 cm³/mol. The van der Waals surface area contributed by atoms with Crippen molar-refractivity contribution in [1.82, 2.24) is 9.97 Å². The van der Waals surface area contributed by atoms with Gasteiger partial charge in [-0.05, 0) is 19.1 Å². The van der Waals surface area contributed by atoms with Crippen LogP contribution in [0.1, 0.15) is 42.8 Å². The third kappa shape index (κ3) is 3.31. The Kier molecular flexibility index (Phi) is 4.65. The summed E-state index contributed by atoms with van der Waals surface area (Å²) < 4.78 is 5.60. The van der Waals surface area contributed by atoms with Crippen molar-refractivity contribution >= 4 is 17.3 Å². The lowest BCUT2D eigenvalue weighted by Crippen LogP contribution is -2.19. The maximum absolute atomic E-state index is 6.02. The van der Waals surface area contributed by atoms with E-state index in [1.54, 1.807) is 0 Å². The second-order valence-corrected chi connectivity index (χ2v) is 5.48. The van der Waals surface area contributed by atoms with Crippen LogP contribution < -0.4 is 4.90 Å². The number of hydrogen-bond acceptors (Lipinski definition) is 4. The van der Waals surface area contributed by atoms with Crippen LogP contribution in [0.5, 0.6) is 0 Å². The molecule has 2 rings (SSSR count). The van der Waals surface area contributed by atoms with E-state index in [1.807, 2.05) is 32.3 Å². The van der Waals surface area contributed by atoms with Gasteiger partial charge in [-0.15, -0.1) is 11.6 Å². The van der Waals surface area contributed by atoms with Crippen LogP contribution in [-0.2, 0) is 12.4 Å². The molecule has 0 atom stereocenters. The van der Waals surface area contributed by atoms with E-state index >= 15 is 0 Å². The van der Waals surface area contributed by atoms with Crippen molar-refractivity contribution in [2.24, 2.45) is 0 Å².